The maximum absolute atomic E-state index is 13.5. The van der Waals surface area contributed by atoms with Gasteiger partial charge in [0.2, 0.25) is 11.7 Å². The van der Waals surface area contributed by atoms with Gasteiger partial charge in [0.15, 0.2) is 23.3 Å². The van der Waals surface area contributed by atoms with Crippen molar-refractivity contribution < 1.29 is 26.7 Å². The van der Waals surface area contributed by atoms with Crippen molar-refractivity contribution in [1.29, 1.82) is 0 Å². The number of amides is 1. The Morgan fingerprint density at radius 2 is 1.42 bits per heavy atom. The van der Waals surface area contributed by atoms with Crippen LogP contribution in [0, 0.1) is 29.1 Å². The van der Waals surface area contributed by atoms with Gasteiger partial charge < -0.3 is 4.90 Å². The van der Waals surface area contributed by atoms with E-state index >= 15 is 0 Å². The third kappa shape index (κ3) is 2.99. The first kappa shape index (κ1) is 15.7. The van der Waals surface area contributed by atoms with Crippen LogP contribution in [0.1, 0.15) is 13.3 Å². The van der Waals surface area contributed by atoms with E-state index < -0.39 is 40.7 Å². The minimum atomic E-state index is -2.25. The van der Waals surface area contributed by atoms with Crippen LogP contribution in [0.25, 0.3) is 0 Å². The predicted molar refractivity (Wildman–Crippen MR) is 62.7 cm³/mol. The van der Waals surface area contributed by atoms with E-state index in [0.29, 0.717) is 10.7 Å². The van der Waals surface area contributed by atoms with E-state index in [4.69, 9.17) is 0 Å². The quantitative estimate of drug-likeness (QED) is 0.392. The molecular weight excluding hydrogens is 289 g/mol. The zero-order valence-corrected chi connectivity index (χ0v) is 10.7. The van der Waals surface area contributed by atoms with E-state index in [0.717, 1.165) is 6.92 Å². The number of thiol groups is 1. The van der Waals surface area contributed by atoms with Gasteiger partial charge in [-0.1, -0.05) is 0 Å². The highest BCUT2D eigenvalue weighted by Crippen LogP contribution is 2.30. The Balaban J connectivity index is 3.42. The van der Waals surface area contributed by atoms with Crippen molar-refractivity contribution in [2.45, 2.75) is 13.3 Å². The Morgan fingerprint density at radius 3 is 1.79 bits per heavy atom. The van der Waals surface area contributed by atoms with Gasteiger partial charge >= 0.3 is 0 Å². The molecular formula is C11H10F5NOS. The third-order valence-corrected chi connectivity index (χ3v) is 2.69. The standard InChI is InChI=1S/C11H10F5NOS/c1-5(18)17(3-2-4-19)11-9(15)7(13)6(12)8(14)10(11)16/h19H,2-4H2,1H3. The molecule has 0 aliphatic carbocycles. The second-order valence-corrected chi connectivity index (χ2v) is 4.11. The number of anilines is 1. The summed E-state index contributed by atoms with van der Waals surface area (Å²) in [5.74, 6) is -11.0. The zero-order chi connectivity index (χ0) is 14.7. The summed E-state index contributed by atoms with van der Waals surface area (Å²) < 4.78 is 66.0. The van der Waals surface area contributed by atoms with Crippen LogP contribution in [0.3, 0.4) is 0 Å². The molecule has 0 heterocycles. The van der Waals surface area contributed by atoms with Crippen LogP contribution in [-0.4, -0.2) is 18.2 Å². The lowest BCUT2D eigenvalue weighted by Gasteiger charge is -2.22. The summed E-state index contributed by atoms with van der Waals surface area (Å²) in [6, 6.07) is 0. The number of hydrogen-bond donors (Lipinski definition) is 1. The third-order valence-electron chi connectivity index (χ3n) is 2.38. The van der Waals surface area contributed by atoms with Gasteiger partial charge in [0, 0.05) is 13.5 Å². The predicted octanol–water partition coefficient (Wildman–Crippen LogP) is 3.05. The van der Waals surface area contributed by atoms with E-state index in [1.807, 2.05) is 0 Å². The largest absolute Gasteiger partial charge is 0.307 e. The molecule has 106 valence electrons. The van der Waals surface area contributed by atoms with Gasteiger partial charge in [0.05, 0.1) is 0 Å². The second kappa shape index (κ2) is 6.23. The monoisotopic (exact) mass is 299 g/mol. The summed E-state index contributed by atoms with van der Waals surface area (Å²) in [6.45, 7) is 0.772. The molecule has 0 saturated carbocycles. The van der Waals surface area contributed by atoms with Crippen molar-refractivity contribution >= 4 is 24.2 Å². The minimum absolute atomic E-state index is 0.197. The Kier molecular flexibility index (Phi) is 5.16. The lowest BCUT2D eigenvalue weighted by molar-refractivity contribution is -0.116. The lowest BCUT2D eigenvalue weighted by atomic mass is 10.2. The molecule has 2 nitrogen and oxygen atoms in total. The Hall–Kier alpha value is -1.31. The van der Waals surface area contributed by atoms with Gasteiger partial charge in [-0.2, -0.15) is 12.6 Å². The average molecular weight is 299 g/mol. The van der Waals surface area contributed by atoms with Gasteiger partial charge in [-0.15, -0.1) is 0 Å². The van der Waals surface area contributed by atoms with Crippen molar-refractivity contribution in [1.82, 2.24) is 0 Å². The number of carbonyl (C=O) groups is 1. The maximum Gasteiger partial charge on any atom is 0.224 e. The SMILES string of the molecule is CC(=O)N(CCCS)c1c(F)c(F)c(F)c(F)c1F. The van der Waals surface area contributed by atoms with E-state index in [2.05, 4.69) is 12.6 Å². The molecule has 1 aromatic rings. The molecule has 19 heavy (non-hydrogen) atoms. The molecule has 0 atom stereocenters. The molecule has 0 aromatic heterocycles. The molecule has 0 saturated heterocycles. The number of benzene rings is 1. The molecule has 1 aromatic carbocycles. The topological polar surface area (TPSA) is 20.3 Å². The number of rotatable bonds is 4. The molecule has 0 bridgehead atoms. The Morgan fingerprint density at radius 1 is 1.00 bits per heavy atom. The average Bonchev–Trinajstić information content (AvgIpc) is 2.37. The van der Waals surface area contributed by atoms with E-state index in [1.165, 1.54) is 0 Å². The number of nitrogens with zero attached hydrogens (tertiary/aromatic N) is 1. The fourth-order valence-corrected chi connectivity index (χ4v) is 1.63. The Bertz CT molecular complexity index is 479. The van der Waals surface area contributed by atoms with Crippen molar-refractivity contribution in [3.8, 4) is 0 Å². The lowest BCUT2D eigenvalue weighted by Crippen LogP contribution is -2.32. The first-order valence-electron chi connectivity index (χ1n) is 5.23. The maximum atomic E-state index is 13.5. The summed E-state index contributed by atoms with van der Waals surface area (Å²) in [4.78, 5) is 11.8. The highest BCUT2D eigenvalue weighted by molar-refractivity contribution is 7.80. The van der Waals surface area contributed by atoms with Gasteiger partial charge in [-0.3, -0.25) is 4.79 Å². The van der Waals surface area contributed by atoms with Crippen LogP contribution in [0.4, 0.5) is 27.6 Å². The zero-order valence-electron chi connectivity index (χ0n) is 9.81. The van der Waals surface area contributed by atoms with Crippen LogP contribution in [-0.2, 0) is 4.79 Å². The van der Waals surface area contributed by atoms with Gasteiger partial charge in [0.1, 0.15) is 5.69 Å². The molecule has 0 aliphatic heterocycles. The number of hydrogen-bond acceptors (Lipinski definition) is 2. The van der Waals surface area contributed by atoms with Gasteiger partial charge in [-0.25, -0.2) is 22.0 Å². The van der Waals surface area contributed by atoms with Crippen LogP contribution in [0.2, 0.25) is 0 Å². The van der Waals surface area contributed by atoms with Crippen LogP contribution < -0.4 is 4.90 Å². The molecule has 0 spiro atoms. The first-order valence-corrected chi connectivity index (χ1v) is 5.86. The molecule has 0 unspecified atom stereocenters. The molecule has 0 aliphatic rings. The minimum Gasteiger partial charge on any atom is -0.307 e. The van der Waals surface area contributed by atoms with Crippen LogP contribution in [0.15, 0.2) is 0 Å². The van der Waals surface area contributed by atoms with Gasteiger partial charge in [0.25, 0.3) is 0 Å². The molecule has 0 N–H and O–H groups in total. The summed E-state index contributed by atoms with van der Waals surface area (Å²) in [5.41, 5.74) is -1.23. The summed E-state index contributed by atoms with van der Waals surface area (Å²) in [6.07, 6.45) is 0.238. The molecule has 0 radical (unpaired) electrons. The Labute approximate surface area is 111 Å². The van der Waals surface area contributed by atoms with Crippen molar-refractivity contribution in [2.75, 3.05) is 17.2 Å². The van der Waals surface area contributed by atoms with E-state index in [-0.39, 0.29) is 13.0 Å². The highest BCUT2D eigenvalue weighted by atomic mass is 32.1. The summed E-state index contributed by atoms with van der Waals surface area (Å²) >= 11 is 3.85. The molecule has 8 heteroatoms. The first-order chi connectivity index (χ1) is 8.82. The van der Waals surface area contributed by atoms with Gasteiger partial charge in [-0.05, 0) is 12.2 Å². The van der Waals surface area contributed by atoms with Crippen molar-refractivity contribution in [2.24, 2.45) is 0 Å². The van der Waals surface area contributed by atoms with Crippen LogP contribution in [0.5, 0.6) is 0 Å². The molecule has 1 amide bonds. The number of halogens is 5. The molecule has 0 fully saturated rings. The van der Waals surface area contributed by atoms with E-state index in [9.17, 15) is 26.7 Å². The summed E-state index contributed by atoms with van der Waals surface area (Å²) in [5, 5.41) is 0. The van der Waals surface area contributed by atoms with Crippen LogP contribution >= 0.6 is 12.6 Å². The fourth-order valence-electron chi connectivity index (χ4n) is 1.49. The molecule has 1 rings (SSSR count). The van der Waals surface area contributed by atoms with E-state index in [1.54, 1.807) is 0 Å². The van der Waals surface area contributed by atoms with Crippen molar-refractivity contribution in [3.05, 3.63) is 29.1 Å². The van der Waals surface area contributed by atoms with Crippen molar-refractivity contribution in [3.63, 3.8) is 0 Å². The second-order valence-electron chi connectivity index (χ2n) is 3.67. The normalized spacial score (nSPS) is 10.7. The number of carbonyl (C=O) groups excluding carboxylic acids is 1. The smallest absolute Gasteiger partial charge is 0.224 e. The fraction of sp³-hybridized carbons (Fsp3) is 0.364. The highest BCUT2D eigenvalue weighted by Gasteiger charge is 2.30. The summed E-state index contributed by atoms with van der Waals surface area (Å²) in [7, 11) is 0.